The fourth-order valence-corrected chi connectivity index (χ4v) is 3.78. The second kappa shape index (κ2) is 9.97. The number of aromatic carboxylic acids is 1. The Balaban J connectivity index is 1.70. The van der Waals surface area contributed by atoms with Crippen molar-refractivity contribution in [2.24, 2.45) is 5.10 Å². The summed E-state index contributed by atoms with van der Waals surface area (Å²) in [6, 6.07) is 14.1. The molecule has 7 nitrogen and oxygen atoms in total. The first kappa shape index (κ1) is 22.8. The maximum Gasteiger partial charge on any atom is 0.337 e. The van der Waals surface area contributed by atoms with E-state index in [1.54, 1.807) is 18.2 Å². The van der Waals surface area contributed by atoms with E-state index >= 15 is 0 Å². The number of nitrogens with zero attached hydrogens (tertiary/aromatic N) is 2. The van der Waals surface area contributed by atoms with Crippen LogP contribution < -0.4 is 10.2 Å². The van der Waals surface area contributed by atoms with Crippen LogP contribution in [0.15, 0.2) is 53.6 Å². The van der Waals surface area contributed by atoms with Crippen LogP contribution in [0.3, 0.4) is 0 Å². The van der Waals surface area contributed by atoms with E-state index in [0.29, 0.717) is 11.4 Å². The zero-order valence-electron chi connectivity index (χ0n) is 16.7. The van der Waals surface area contributed by atoms with Gasteiger partial charge >= 0.3 is 5.97 Å². The van der Waals surface area contributed by atoms with Crippen LogP contribution in [0.5, 0.6) is 5.75 Å². The van der Waals surface area contributed by atoms with Crippen molar-refractivity contribution in [3.05, 3.63) is 79.6 Å². The van der Waals surface area contributed by atoms with Gasteiger partial charge in [0.05, 0.1) is 20.4 Å². The third kappa shape index (κ3) is 5.45. The fraction of sp³-hybridized carbons (Fsp3) is 0.136. The molecule has 0 atom stereocenters. The van der Waals surface area contributed by atoms with Crippen molar-refractivity contribution in [3.8, 4) is 11.4 Å². The normalized spacial score (nSPS) is 11.0. The standard InChI is InChI=1S/C22H19ClIN3O4/c1-13-9-15(11-25-26-21(28)12-31-20-6-4-3-5-19(20)24)14(2)27(13)16-7-8-18(23)17(10-16)22(29)30/h3-11H,12H2,1-2H3,(H,26,28)(H,29,30)/b25-11+. The molecular formula is C22H19ClIN3O4. The Bertz CT molecular complexity index is 1170. The summed E-state index contributed by atoms with van der Waals surface area (Å²) in [5, 5.41) is 13.5. The number of hydrogen-bond donors (Lipinski definition) is 2. The van der Waals surface area contributed by atoms with Gasteiger partial charge in [-0.2, -0.15) is 5.10 Å². The molecular weight excluding hydrogens is 533 g/mol. The number of carboxylic acids is 1. The fourth-order valence-electron chi connectivity index (χ4n) is 3.04. The van der Waals surface area contributed by atoms with Crippen LogP contribution in [0.4, 0.5) is 0 Å². The first-order valence-corrected chi connectivity index (χ1v) is 10.6. The number of para-hydroxylation sites is 1. The Morgan fingerprint density at radius 3 is 2.68 bits per heavy atom. The van der Waals surface area contributed by atoms with Gasteiger partial charge in [0.2, 0.25) is 0 Å². The van der Waals surface area contributed by atoms with Crippen LogP contribution in [-0.4, -0.2) is 34.4 Å². The van der Waals surface area contributed by atoms with Crippen LogP contribution in [0.25, 0.3) is 5.69 Å². The first-order chi connectivity index (χ1) is 14.8. The highest BCUT2D eigenvalue weighted by Crippen LogP contribution is 2.24. The van der Waals surface area contributed by atoms with E-state index in [-0.39, 0.29) is 23.1 Å². The number of amides is 1. The number of hydrogen-bond acceptors (Lipinski definition) is 4. The molecule has 0 unspecified atom stereocenters. The van der Waals surface area contributed by atoms with E-state index in [0.717, 1.165) is 20.5 Å². The zero-order valence-corrected chi connectivity index (χ0v) is 19.6. The predicted octanol–water partition coefficient (Wildman–Crippen LogP) is 4.58. The van der Waals surface area contributed by atoms with Gasteiger partial charge in [-0.1, -0.05) is 23.7 Å². The van der Waals surface area contributed by atoms with E-state index < -0.39 is 5.97 Å². The molecule has 0 aliphatic rings. The van der Waals surface area contributed by atoms with Gasteiger partial charge in [-0.3, -0.25) is 4.79 Å². The molecule has 0 fully saturated rings. The molecule has 0 aliphatic carbocycles. The second-order valence-electron chi connectivity index (χ2n) is 6.64. The highest BCUT2D eigenvalue weighted by Gasteiger charge is 2.14. The number of nitrogens with one attached hydrogen (secondary N) is 1. The van der Waals surface area contributed by atoms with Crippen LogP contribution >= 0.6 is 34.2 Å². The average molecular weight is 552 g/mol. The van der Waals surface area contributed by atoms with Gasteiger partial charge in [-0.05, 0) is 72.8 Å². The average Bonchev–Trinajstić information content (AvgIpc) is 3.01. The summed E-state index contributed by atoms with van der Waals surface area (Å²) >= 11 is 8.11. The van der Waals surface area contributed by atoms with Crippen LogP contribution in [-0.2, 0) is 4.79 Å². The molecule has 3 aromatic rings. The van der Waals surface area contributed by atoms with Gasteiger partial charge in [0.1, 0.15) is 5.75 Å². The lowest BCUT2D eigenvalue weighted by molar-refractivity contribution is -0.123. The third-order valence-electron chi connectivity index (χ3n) is 4.50. The Hall–Kier alpha value is -2.85. The monoisotopic (exact) mass is 551 g/mol. The number of carbonyl (C=O) groups is 2. The number of carbonyl (C=O) groups excluding carboxylic acids is 1. The van der Waals surface area contributed by atoms with E-state index in [4.69, 9.17) is 16.3 Å². The summed E-state index contributed by atoms with van der Waals surface area (Å²) in [7, 11) is 0. The lowest BCUT2D eigenvalue weighted by atomic mass is 10.2. The topological polar surface area (TPSA) is 92.9 Å². The number of ether oxygens (including phenoxy) is 1. The van der Waals surface area contributed by atoms with Crippen molar-refractivity contribution >= 4 is 52.3 Å². The molecule has 1 amide bonds. The van der Waals surface area contributed by atoms with Crippen molar-refractivity contribution in [3.63, 3.8) is 0 Å². The molecule has 1 heterocycles. The molecule has 0 radical (unpaired) electrons. The maximum atomic E-state index is 12.0. The van der Waals surface area contributed by atoms with Crippen LogP contribution in [0.2, 0.25) is 5.02 Å². The van der Waals surface area contributed by atoms with Crippen LogP contribution in [0.1, 0.15) is 27.3 Å². The van der Waals surface area contributed by atoms with Crippen molar-refractivity contribution in [1.29, 1.82) is 0 Å². The van der Waals surface area contributed by atoms with Gasteiger partial charge in [0.15, 0.2) is 6.61 Å². The van der Waals surface area contributed by atoms with Crippen molar-refractivity contribution in [2.75, 3.05) is 6.61 Å². The molecule has 160 valence electrons. The second-order valence-corrected chi connectivity index (χ2v) is 8.21. The minimum atomic E-state index is -1.09. The first-order valence-electron chi connectivity index (χ1n) is 9.19. The van der Waals surface area contributed by atoms with Gasteiger partial charge in [-0.25, -0.2) is 10.2 Å². The summed E-state index contributed by atoms with van der Waals surface area (Å²) in [5.41, 5.74) is 5.65. The van der Waals surface area contributed by atoms with E-state index in [1.807, 2.05) is 42.7 Å². The van der Waals surface area contributed by atoms with Gasteiger partial charge in [0, 0.05) is 22.6 Å². The number of rotatable bonds is 7. The molecule has 0 saturated carbocycles. The lowest BCUT2D eigenvalue weighted by Gasteiger charge is -2.11. The Labute approximate surface area is 197 Å². The summed E-state index contributed by atoms with van der Waals surface area (Å²) < 4.78 is 8.30. The molecule has 0 bridgehead atoms. The molecule has 2 N–H and O–H groups in total. The maximum absolute atomic E-state index is 12.0. The van der Waals surface area contributed by atoms with Gasteiger partial charge < -0.3 is 14.4 Å². The molecule has 9 heteroatoms. The molecule has 2 aromatic carbocycles. The van der Waals surface area contributed by atoms with Crippen molar-refractivity contribution in [2.45, 2.75) is 13.8 Å². The van der Waals surface area contributed by atoms with E-state index in [1.165, 1.54) is 12.3 Å². The number of benzene rings is 2. The van der Waals surface area contributed by atoms with Gasteiger partial charge in [0.25, 0.3) is 5.91 Å². The SMILES string of the molecule is Cc1cc(/C=N/NC(=O)COc2ccccc2I)c(C)n1-c1ccc(Cl)c(C(=O)O)c1. The summed E-state index contributed by atoms with van der Waals surface area (Å²) in [4.78, 5) is 23.4. The lowest BCUT2D eigenvalue weighted by Crippen LogP contribution is -2.24. The predicted molar refractivity (Wildman–Crippen MR) is 128 cm³/mol. The number of aryl methyl sites for hydroxylation is 1. The molecule has 0 saturated heterocycles. The Morgan fingerprint density at radius 1 is 1.23 bits per heavy atom. The van der Waals surface area contributed by atoms with Crippen molar-refractivity contribution < 1.29 is 19.4 Å². The van der Waals surface area contributed by atoms with E-state index in [9.17, 15) is 14.7 Å². The molecule has 0 aliphatic heterocycles. The molecule has 0 spiro atoms. The Kier molecular flexibility index (Phi) is 7.34. The third-order valence-corrected chi connectivity index (χ3v) is 5.72. The minimum absolute atomic E-state index is 0.0298. The summed E-state index contributed by atoms with van der Waals surface area (Å²) in [6.07, 6.45) is 1.54. The summed E-state index contributed by atoms with van der Waals surface area (Å²) in [6.45, 7) is 3.62. The molecule has 1 aromatic heterocycles. The highest BCUT2D eigenvalue weighted by molar-refractivity contribution is 14.1. The number of aromatic nitrogens is 1. The Morgan fingerprint density at radius 2 is 1.97 bits per heavy atom. The van der Waals surface area contributed by atoms with Gasteiger partial charge in [-0.15, -0.1) is 0 Å². The van der Waals surface area contributed by atoms with Crippen molar-refractivity contribution in [1.82, 2.24) is 9.99 Å². The summed E-state index contributed by atoms with van der Waals surface area (Å²) in [5.74, 6) is -0.839. The largest absolute Gasteiger partial charge is 0.483 e. The zero-order chi connectivity index (χ0) is 22.5. The number of carboxylic acid groups (broad SMARTS) is 1. The quantitative estimate of drug-likeness (QED) is 0.255. The minimum Gasteiger partial charge on any atom is -0.483 e. The molecule has 31 heavy (non-hydrogen) atoms. The van der Waals surface area contributed by atoms with Crippen LogP contribution in [0, 0.1) is 17.4 Å². The number of halogens is 2. The number of hydrazone groups is 1. The molecule has 3 rings (SSSR count). The smallest absolute Gasteiger partial charge is 0.337 e. The van der Waals surface area contributed by atoms with E-state index in [2.05, 4.69) is 33.1 Å². The highest BCUT2D eigenvalue weighted by atomic mass is 127.